The first kappa shape index (κ1) is 23.6. The second kappa shape index (κ2) is 10.1. The van der Waals surface area contributed by atoms with Gasteiger partial charge in [0.2, 0.25) is 5.91 Å². The smallest absolute Gasteiger partial charge is 0.269 e. The number of benzene rings is 3. The van der Waals surface area contributed by atoms with Gasteiger partial charge < -0.3 is 5.32 Å². The molecule has 1 atom stereocenters. The van der Waals surface area contributed by atoms with Crippen molar-refractivity contribution < 1.29 is 14.0 Å². The average molecular weight is 492 g/mol. The zero-order valence-corrected chi connectivity index (χ0v) is 19.7. The number of aryl methyl sites for hydroxylation is 1. The molecular weight excluding hydrogens is 473 g/mol. The molecule has 0 aromatic heterocycles. The van der Waals surface area contributed by atoms with Crippen molar-refractivity contribution in [3.63, 3.8) is 0 Å². The van der Waals surface area contributed by atoms with Crippen molar-refractivity contribution in [2.75, 3.05) is 10.2 Å². The van der Waals surface area contributed by atoms with Crippen molar-refractivity contribution >= 4 is 46.6 Å². The van der Waals surface area contributed by atoms with Crippen LogP contribution in [0.5, 0.6) is 0 Å². The summed E-state index contributed by atoms with van der Waals surface area (Å²) in [5.74, 6) is -1.25. The molecule has 0 aliphatic carbocycles. The van der Waals surface area contributed by atoms with Crippen LogP contribution in [0, 0.1) is 24.1 Å². The Morgan fingerprint density at radius 1 is 1.09 bits per heavy atom. The quantitative estimate of drug-likeness (QED) is 0.359. The van der Waals surface area contributed by atoms with E-state index in [-0.39, 0.29) is 22.3 Å². The van der Waals surface area contributed by atoms with E-state index in [9.17, 15) is 19.2 Å². The summed E-state index contributed by atoms with van der Waals surface area (Å²) in [5.41, 5.74) is 2.67. The number of thioether (sulfide) groups is 1. The van der Waals surface area contributed by atoms with Gasteiger partial charge in [-0.3, -0.25) is 14.5 Å². The highest BCUT2D eigenvalue weighted by Crippen LogP contribution is 2.42. The van der Waals surface area contributed by atoms with Gasteiger partial charge in [0.25, 0.3) is 5.91 Å². The standard InChI is InChI=1S/C26H19ClFN3O2S/c1-16-2-10-20(11-3-16)30-24(32)22(15-29)26-31(21-12-6-18(27)7-13-21)25(33)23(34-26)14-17-4-8-19(28)9-5-17/h2-13,23H,14H2,1H3,(H,30,32)/b26-22-/t23-/m0/s1. The van der Waals surface area contributed by atoms with E-state index >= 15 is 0 Å². The van der Waals surface area contributed by atoms with Gasteiger partial charge in [0.15, 0.2) is 0 Å². The third kappa shape index (κ3) is 5.14. The minimum absolute atomic E-state index is 0.171. The SMILES string of the molecule is Cc1ccc(NC(=O)/C(C#N)=C2\S[C@@H](Cc3ccc(F)cc3)C(=O)N2c2ccc(Cl)cc2)cc1. The molecule has 8 heteroatoms. The van der Waals surface area contributed by atoms with Crippen LogP contribution in [0.25, 0.3) is 0 Å². The minimum Gasteiger partial charge on any atom is -0.321 e. The maximum absolute atomic E-state index is 13.4. The number of carbonyl (C=O) groups is 2. The summed E-state index contributed by atoms with van der Waals surface area (Å²) in [5, 5.41) is 12.8. The molecule has 0 bridgehead atoms. The molecule has 0 spiro atoms. The second-order valence-electron chi connectivity index (χ2n) is 7.70. The molecule has 5 nitrogen and oxygen atoms in total. The van der Waals surface area contributed by atoms with Crippen LogP contribution in [0.4, 0.5) is 15.8 Å². The van der Waals surface area contributed by atoms with Gasteiger partial charge in [-0.25, -0.2) is 4.39 Å². The number of carbonyl (C=O) groups excluding carboxylic acids is 2. The number of anilines is 2. The van der Waals surface area contributed by atoms with E-state index in [1.54, 1.807) is 48.5 Å². The highest BCUT2D eigenvalue weighted by Gasteiger charge is 2.40. The van der Waals surface area contributed by atoms with E-state index in [0.29, 0.717) is 22.8 Å². The highest BCUT2D eigenvalue weighted by atomic mass is 35.5. The zero-order chi connectivity index (χ0) is 24.2. The predicted molar refractivity (Wildman–Crippen MR) is 133 cm³/mol. The summed E-state index contributed by atoms with van der Waals surface area (Å²) in [6.45, 7) is 1.93. The number of hydrogen-bond acceptors (Lipinski definition) is 4. The van der Waals surface area contributed by atoms with Crippen molar-refractivity contribution in [2.45, 2.75) is 18.6 Å². The molecule has 1 saturated heterocycles. The van der Waals surface area contributed by atoms with Crippen molar-refractivity contribution in [3.8, 4) is 6.07 Å². The Kier molecular flexibility index (Phi) is 7.01. The van der Waals surface area contributed by atoms with Crippen LogP contribution in [0.15, 0.2) is 83.4 Å². The summed E-state index contributed by atoms with van der Waals surface area (Å²) < 4.78 is 13.3. The van der Waals surface area contributed by atoms with Gasteiger partial charge in [0, 0.05) is 16.4 Å². The number of nitrogens with zero attached hydrogens (tertiary/aromatic N) is 2. The third-order valence-electron chi connectivity index (χ3n) is 5.23. The molecule has 0 radical (unpaired) electrons. The van der Waals surface area contributed by atoms with Gasteiger partial charge in [-0.2, -0.15) is 5.26 Å². The van der Waals surface area contributed by atoms with E-state index < -0.39 is 11.2 Å². The lowest BCUT2D eigenvalue weighted by atomic mass is 10.1. The van der Waals surface area contributed by atoms with Crippen molar-refractivity contribution in [1.29, 1.82) is 5.26 Å². The summed E-state index contributed by atoms with van der Waals surface area (Å²) >= 11 is 7.16. The molecular formula is C26H19ClFN3O2S. The van der Waals surface area contributed by atoms with Crippen molar-refractivity contribution in [1.82, 2.24) is 0 Å². The number of rotatable bonds is 5. The predicted octanol–water partition coefficient (Wildman–Crippen LogP) is 5.85. The van der Waals surface area contributed by atoms with E-state index in [1.165, 1.54) is 17.0 Å². The topological polar surface area (TPSA) is 73.2 Å². The highest BCUT2D eigenvalue weighted by molar-refractivity contribution is 8.05. The second-order valence-corrected chi connectivity index (χ2v) is 9.33. The zero-order valence-electron chi connectivity index (χ0n) is 18.1. The van der Waals surface area contributed by atoms with Gasteiger partial charge in [-0.15, -0.1) is 0 Å². The lowest BCUT2D eigenvalue weighted by Gasteiger charge is -2.19. The van der Waals surface area contributed by atoms with Crippen LogP contribution in [0.1, 0.15) is 11.1 Å². The molecule has 1 aliphatic rings. The molecule has 0 unspecified atom stereocenters. The molecule has 1 heterocycles. The van der Waals surface area contributed by atoms with Crippen LogP contribution in [0.2, 0.25) is 5.02 Å². The lowest BCUT2D eigenvalue weighted by molar-refractivity contribution is -0.117. The van der Waals surface area contributed by atoms with Gasteiger partial charge >= 0.3 is 0 Å². The Morgan fingerprint density at radius 2 is 1.74 bits per heavy atom. The van der Waals surface area contributed by atoms with Gasteiger partial charge in [-0.1, -0.05) is 53.2 Å². The number of halogens is 2. The van der Waals surface area contributed by atoms with Crippen LogP contribution in [-0.4, -0.2) is 17.1 Å². The Morgan fingerprint density at radius 3 is 2.35 bits per heavy atom. The molecule has 1 aliphatic heterocycles. The molecule has 3 aromatic rings. The van der Waals surface area contributed by atoms with Crippen LogP contribution in [0.3, 0.4) is 0 Å². The fraction of sp³-hybridized carbons (Fsp3) is 0.115. The lowest BCUT2D eigenvalue weighted by Crippen LogP contribution is -2.30. The summed E-state index contributed by atoms with van der Waals surface area (Å²) in [6, 6.07) is 21.7. The Balaban J connectivity index is 1.71. The number of nitrogens with one attached hydrogen (secondary N) is 1. The van der Waals surface area contributed by atoms with Gasteiger partial charge in [-0.05, 0) is 67.4 Å². The molecule has 170 valence electrons. The minimum atomic E-state index is -0.608. The third-order valence-corrected chi connectivity index (χ3v) is 6.75. The van der Waals surface area contributed by atoms with Gasteiger partial charge in [0.05, 0.1) is 5.25 Å². The number of amides is 2. The molecule has 4 rings (SSSR count). The normalized spacial score (nSPS) is 16.8. The first-order valence-corrected chi connectivity index (χ1v) is 11.6. The van der Waals surface area contributed by atoms with E-state index in [2.05, 4.69) is 5.32 Å². The molecule has 34 heavy (non-hydrogen) atoms. The van der Waals surface area contributed by atoms with Crippen molar-refractivity contribution in [2.24, 2.45) is 0 Å². The first-order valence-electron chi connectivity index (χ1n) is 10.4. The fourth-order valence-electron chi connectivity index (χ4n) is 3.48. The average Bonchev–Trinajstić information content (AvgIpc) is 3.13. The molecule has 1 N–H and O–H groups in total. The van der Waals surface area contributed by atoms with Crippen LogP contribution >= 0.6 is 23.4 Å². The Labute approximate surface area is 205 Å². The van der Waals surface area contributed by atoms with Crippen LogP contribution in [-0.2, 0) is 16.0 Å². The summed E-state index contributed by atoms with van der Waals surface area (Å²) in [4.78, 5) is 27.9. The monoisotopic (exact) mass is 491 g/mol. The molecule has 2 amide bonds. The molecule has 0 saturated carbocycles. The molecule has 3 aromatic carbocycles. The maximum atomic E-state index is 13.4. The Hall–Kier alpha value is -3.60. The number of nitriles is 1. The summed E-state index contributed by atoms with van der Waals surface area (Å²) in [7, 11) is 0. The summed E-state index contributed by atoms with van der Waals surface area (Å²) in [6.07, 6.45) is 0.315. The van der Waals surface area contributed by atoms with E-state index in [0.717, 1.165) is 22.9 Å². The molecule has 1 fully saturated rings. The van der Waals surface area contributed by atoms with Crippen LogP contribution < -0.4 is 10.2 Å². The Bertz CT molecular complexity index is 1300. The van der Waals surface area contributed by atoms with Crippen molar-refractivity contribution in [3.05, 3.63) is 105 Å². The van der Waals surface area contributed by atoms with E-state index in [4.69, 9.17) is 11.6 Å². The number of hydrogen-bond donors (Lipinski definition) is 1. The maximum Gasteiger partial charge on any atom is 0.269 e. The fourth-order valence-corrected chi connectivity index (χ4v) is 4.91. The largest absolute Gasteiger partial charge is 0.321 e. The first-order chi connectivity index (χ1) is 16.4. The van der Waals surface area contributed by atoms with Gasteiger partial charge in [0.1, 0.15) is 22.5 Å². The van der Waals surface area contributed by atoms with E-state index in [1.807, 2.05) is 25.1 Å².